The molecule has 4 nitrogen and oxygen atoms in total. The van der Waals surface area contributed by atoms with E-state index in [4.69, 9.17) is 5.73 Å². The van der Waals surface area contributed by atoms with Crippen molar-refractivity contribution >= 4 is 27.7 Å². The molecule has 0 radical (unpaired) electrons. The number of rotatable bonds is 4. The summed E-state index contributed by atoms with van der Waals surface area (Å²) in [7, 11) is 0. The first kappa shape index (κ1) is 14.6. The third-order valence-corrected chi connectivity index (χ3v) is 5.32. The zero-order valence-electron chi connectivity index (χ0n) is 11.7. The molecule has 2 aliphatic rings. The van der Waals surface area contributed by atoms with Gasteiger partial charge in [-0.05, 0) is 48.8 Å². The van der Waals surface area contributed by atoms with Crippen molar-refractivity contribution in [1.29, 1.82) is 0 Å². The molecule has 0 spiro atoms. The van der Waals surface area contributed by atoms with Crippen LogP contribution in [0.5, 0.6) is 0 Å². The van der Waals surface area contributed by atoms with Gasteiger partial charge in [-0.1, -0.05) is 34.5 Å². The van der Waals surface area contributed by atoms with E-state index in [9.17, 15) is 9.59 Å². The van der Waals surface area contributed by atoms with Crippen LogP contribution in [-0.4, -0.2) is 11.8 Å². The molecule has 2 fully saturated rings. The molecular formula is C16H19BrN2O2. The fourth-order valence-corrected chi connectivity index (χ4v) is 4.24. The van der Waals surface area contributed by atoms with Crippen LogP contribution in [0, 0.1) is 17.8 Å². The lowest BCUT2D eigenvalue weighted by atomic mass is 9.88. The average Bonchev–Trinajstić information content (AvgIpc) is 3.06. The first-order valence-corrected chi connectivity index (χ1v) is 8.19. The smallest absolute Gasteiger partial charge is 0.244 e. The van der Waals surface area contributed by atoms with Crippen LogP contribution in [0.1, 0.15) is 37.3 Å². The van der Waals surface area contributed by atoms with Crippen molar-refractivity contribution < 1.29 is 9.59 Å². The van der Waals surface area contributed by atoms with Crippen LogP contribution in [0.3, 0.4) is 0 Å². The summed E-state index contributed by atoms with van der Waals surface area (Å²) in [5, 5.41) is 2.85. The fraction of sp³-hybridized carbons (Fsp3) is 0.500. The Morgan fingerprint density at radius 2 is 2.10 bits per heavy atom. The lowest BCUT2D eigenvalue weighted by Crippen LogP contribution is -2.41. The van der Waals surface area contributed by atoms with Gasteiger partial charge >= 0.3 is 0 Å². The quantitative estimate of drug-likeness (QED) is 0.875. The van der Waals surface area contributed by atoms with Gasteiger partial charge in [-0.3, -0.25) is 9.59 Å². The van der Waals surface area contributed by atoms with Crippen LogP contribution >= 0.6 is 15.9 Å². The zero-order chi connectivity index (χ0) is 15.0. The second-order valence-electron chi connectivity index (χ2n) is 6.18. The number of benzene rings is 1. The number of carbonyl (C=O) groups excluding carboxylic acids is 2. The molecule has 3 rings (SSSR count). The van der Waals surface area contributed by atoms with E-state index >= 15 is 0 Å². The Morgan fingerprint density at radius 3 is 2.67 bits per heavy atom. The molecule has 2 amide bonds. The Labute approximate surface area is 132 Å². The van der Waals surface area contributed by atoms with Crippen LogP contribution in [0.25, 0.3) is 0 Å². The first-order valence-electron chi connectivity index (χ1n) is 7.39. The van der Waals surface area contributed by atoms with Crippen LogP contribution in [0.2, 0.25) is 0 Å². The van der Waals surface area contributed by atoms with E-state index in [1.165, 1.54) is 6.42 Å². The van der Waals surface area contributed by atoms with Crippen molar-refractivity contribution in [2.24, 2.45) is 23.5 Å². The largest absolute Gasteiger partial charge is 0.368 e. The van der Waals surface area contributed by atoms with Gasteiger partial charge in [-0.2, -0.15) is 0 Å². The summed E-state index contributed by atoms with van der Waals surface area (Å²) < 4.78 is 0.862. The van der Waals surface area contributed by atoms with Crippen LogP contribution in [0.15, 0.2) is 28.7 Å². The molecular weight excluding hydrogens is 332 g/mol. The van der Waals surface area contributed by atoms with Crippen molar-refractivity contribution in [3.63, 3.8) is 0 Å². The monoisotopic (exact) mass is 350 g/mol. The summed E-state index contributed by atoms with van der Waals surface area (Å²) in [6.45, 7) is 0. The Balaban J connectivity index is 1.73. The van der Waals surface area contributed by atoms with Gasteiger partial charge in [-0.15, -0.1) is 0 Å². The van der Waals surface area contributed by atoms with E-state index in [2.05, 4.69) is 21.2 Å². The Morgan fingerprint density at radius 1 is 1.29 bits per heavy atom. The number of nitrogens with one attached hydrogen (secondary N) is 1. The first-order chi connectivity index (χ1) is 10.0. The van der Waals surface area contributed by atoms with Gasteiger partial charge in [0.1, 0.15) is 6.04 Å². The van der Waals surface area contributed by atoms with E-state index in [1.54, 1.807) is 6.07 Å². The Hall–Kier alpha value is -1.36. The third kappa shape index (κ3) is 2.98. The second-order valence-corrected chi connectivity index (χ2v) is 7.10. The molecule has 1 aromatic carbocycles. The number of hydrogen-bond donors (Lipinski definition) is 2. The lowest BCUT2D eigenvalue weighted by Gasteiger charge is -2.24. The van der Waals surface area contributed by atoms with Crippen LogP contribution in [-0.2, 0) is 9.59 Å². The van der Waals surface area contributed by atoms with Crippen molar-refractivity contribution in [2.45, 2.75) is 31.7 Å². The highest BCUT2D eigenvalue weighted by atomic mass is 79.9. The molecule has 0 aliphatic heterocycles. The normalized spacial score (nSPS) is 28.3. The van der Waals surface area contributed by atoms with Crippen molar-refractivity contribution in [1.82, 2.24) is 5.32 Å². The molecule has 112 valence electrons. The van der Waals surface area contributed by atoms with E-state index in [0.717, 1.165) is 23.7 Å². The topological polar surface area (TPSA) is 72.2 Å². The minimum absolute atomic E-state index is 0.0222. The summed E-state index contributed by atoms with van der Waals surface area (Å²) in [5.41, 5.74) is 6.19. The number of amides is 2. The molecule has 2 aliphatic carbocycles. The highest BCUT2D eigenvalue weighted by Gasteiger charge is 2.43. The minimum atomic E-state index is -0.755. The lowest BCUT2D eigenvalue weighted by molar-refractivity contribution is -0.131. The maximum absolute atomic E-state index is 12.5. The summed E-state index contributed by atoms with van der Waals surface area (Å²) in [6.07, 6.45) is 4.51. The number of nitrogens with two attached hydrogens (primary N) is 1. The van der Waals surface area contributed by atoms with Crippen molar-refractivity contribution in [2.75, 3.05) is 0 Å². The fourth-order valence-electron chi connectivity index (χ4n) is 3.82. The Bertz CT molecular complexity index is 575. The standard InChI is InChI=1S/C16H19BrN2O2/c17-12-3-1-2-11(8-12)14(15(18)20)19-16(21)13-7-9-4-5-10(13)6-9/h1-3,8-10,13-14H,4-7H2,(H2,18,20)(H,19,21)/t9-,10-,13+,14+/m0/s1. The average molecular weight is 351 g/mol. The van der Waals surface area contributed by atoms with Gasteiger partial charge in [-0.25, -0.2) is 0 Å². The predicted octanol–water partition coefficient (Wildman–Crippen LogP) is 2.53. The molecule has 4 atom stereocenters. The number of carbonyl (C=O) groups is 2. The minimum Gasteiger partial charge on any atom is -0.368 e. The van der Waals surface area contributed by atoms with E-state index in [1.807, 2.05) is 18.2 Å². The SMILES string of the molecule is NC(=O)[C@H](NC(=O)[C@@H]1C[C@H]2CC[C@H]1C2)c1cccc(Br)c1. The van der Waals surface area contributed by atoms with Gasteiger partial charge < -0.3 is 11.1 Å². The Kier molecular flexibility index (Phi) is 4.02. The van der Waals surface area contributed by atoms with Crippen molar-refractivity contribution in [3.8, 4) is 0 Å². The summed E-state index contributed by atoms with van der Waals surface area (Å²) in [4.78, 5) is 24.2. The van der Waals surface area contributed by atoms with Crippen LogP contribution in [0.4, 0.5) is 0 Å². The molecule has 0 heterocycles. The molecule has 3 N–H and O–H groups in total. The molecule has 2 saturated carbocycles. The summed E-state index contributed by atoms with van der Waals surface area (Å²) in [6, 6.07) is 6.57. The number of primary amides is 1. The molecule has 21 heavy (non-hydrogen) atoms. The molecule has 5 heteroatoms. The van der Waals surface area contributed by atoms with Gasteiger partial charge in [0.2, 0.25) is 11.8 Å². The predicted molar refractivity (Wildman–Crippen MR) is 83.2 cm³/mol. The molecule has 1 aromatic rings. The van der Waals surface area contributed by atoms with Gasteiger partial charge in [0.15, 0.2) is 0 Å². The van der Waals surface area contributed by atoms with E-state index in [0.29, 0.717) is 17.4 Å². The maximum atomic E-state index is 12.5. The van der Waals surface area contributed by atoms with Gasteiger partial charge in [0, 0.05) is 10.4 Å². The van der Waals surface area contributed by atoms with Crippen molar-refractivity contribution in [3.05, 3.63) is 34.3 Å². The van der Waals surface area contributed by atoms with E-state index < -0.39 is 11.9 Å². The molecule has 0 saturated heterocycles. The molecule has 0 aromatic heterocycles. The van der Waals surface area contributed by atoms with Crippen LogP contribution < -0.4 is 11.1 Å². The highest BCUT2D eigenvalue weighted by molar-refractivity contribution is 9.10. The van der Waals surface area contributed by atoms with Gasteiger partial charge in [0.05, 0.1) is 0 Å². The molecule has 2 bridgehead atoms. The highest BCUT2D eigenvalue weighted by Crippen LogP contribution is 2.48. The second kappa shape index (κ2) is 5.79. The summed E-state index contributed by atoms with van der Waals surface area (Å²) in [5.74, 6) is 0.697. The zero-order valence-corrected chi connectivity index (χ0v) is 13.3. The number of fused-ring (bicyclic) bond motifs is 2. The van der Waals surface area contributed by atoms with E-state index in [-0.39, 0.29) is 11.8 Å². The van der Waals surface area contributed by atoms with Gasteiger partial charge in [0.25, 0.3) is 0 Å². The number of halogens is 1. The molecule has 0 unspecified atom stereocenters. The third-order valence-electron chi connectivity index (χ3n) is 4.83. The number of hydrogen-bond acceptors (Lipinski definition) is 2. The maximum Gasteiger partial charge on any atom is 0.244 e. The summed E-state index contributed by atoms with van der Waals surface area (Å²) >= 11 is 3.37.